The van der Waals surface area contributed by atoms with E-state index in [4.69, 9.17) is 0 Å². The largest absolute Gasteiger partial charge is 0.388 e. The molecule has 0 aromatic heterocycles. The second-order valence-corrected chi connectivity index (χ2v) is 7.71. The van der Waals surface area contributed by atoms with E-state index in [9.17, 15) is 5.11 Å². The molecule has 1 unspecified atom stereocenters. The van der Waals surface area contributed by atoms with Crippen LogP contribution in [-0.4, -0.2) is 46.8 Å². The van der Waals surface area contributed by atoms with Crippen LogP contribution in [0.1, 0.15) is 46.0 Å². The van der Waals surface area contributed by atoms with Crippen LogP contribution in [-0.2, 0) is 0 Å². The molecular formula is C14H28IN3OS. The van der Waals surface area contributed by atoms with Gasteiger partial charge >= 0.3 is 0 Å². The number of nitrogens with zero attached hydrogens (tertiary/aromatic N) is 1. The van der Waals surface area contributed by atoms with Gasteiger partial charge in [0.15, 0.2) is 5.96 Å². The molecular weight excluding hydrogens is 385 g/mol. The minimum atomic E-state index is -0.533. The van der Waals surface area contributed by atoms with Gasteiger partial charge in [-0.05, 0) is 51.7 Å². The topological polar surface area (TPSA) is 56.7 Å². The van der Waals surface area contributed by atoms with Crippen molar-refractivity contribution in [1.29, 1.82) is 0 Å². The molecule has 0 radical (unpaired) electrons. The summed E-state index contributed by atoms with van der Waals surface area (Å²) in [6, 6.07) is 0. The zero-order valence-corrected chi connectivity index (χ0v) is 15.7. The van der Waals surface area contributed by atoms with Crippen molar-refractivity contribution in [3.05, 3.63) is 0 Å². The van der Waals surface area contributed by atoms with Crippen LogP contribution in [0.15, 0.2) is 4.99 Å². The van der Waals surface area contributed by atoms with Gasteiger partial charge in [0, 0.05) is 17.8 Å². The van der Waals surface area contributed by atoms with Gasteiger partial charge in [0.2, 0.25) is 0 Å². The maximum absolute atomic E-state index is 10.1. The third-order valence-electron chi connectivity index (χ3n) is 4.09. The summed E-state index contributed by atoms with van der Waals surface area (Å²) in [6.45, 7) is 6.71. The van der Waals surface area contributed by atoms with Gasteiger partial charge in [-0.3, -0.25) is 4.99 Å². The first-order chi connectivity index (χ1) is 9.05. The van der Waals surface area contributed by atoms with E-state index in [-0.39, 0.29) is 24.0 Å². The lowest BCUT2D eigenvalue weighted by atomic mass is 9.80. The number of halogens is 1. The Morgan fingerprint density at radius 1 is 1.25 bits per heavy atom. The van der Waals surface area contributed by atoms with Crippen LogP contribution < -0.4 is 10.6 Å². The molecule has 2 rings (SSSR count). The van der Waals surface area contributed by atoms with Crippen molar-refractivity contribution < 1.29 is 5.11 Å². The monoisotopic (exact) mass is 413 g/mol. The highest BCUT2D eigenvalue weighted by atomic mass is 127. The lowest BCUT2D eigenvalue weighted by Gasteiger charge is -2.35. The second-order valence-electron chi connectivity index (χ2n) is 6.03. The zero-order chi connectivity index (χ0) is 13.8. The van der Waals surface area contributed by atoms with Crippen LogP contribution in [0.3, 0.4) is 0 Å². The number of rotatable bonds is 5. The third-order valence-corrected chi connectivity index (χ3v) is 5.63. The van der Waals surface area contributed by atoms with Crippen molar-refractivity contribution in [2.45, 2.75) is 56.3 Å². The molecule has 1 saturated carbocycles. The smallest absolute Gasteiger partial charge is 0.191 e. The first kappa shape index (κ1) is 18.4. The van der Waals surface area contributed by atoms with Crippen LogP contribution in [0.5, 0.6) is 0 Å². The van der Waals surface area contributed by atoms with E-state index in [1.807, 2.05) is 11.8 Å². The Morgan fingerprint density at radius 2 is 2.00 bits per heavy atom. The minimum absolute atomic E-state index is 0. The molecule has 1 atom stereocenters. The minimum Gasteiger partial charge on any atom is -0.388 e. The Kier molecular flexibility index (Phi) is 7.41. The Bertz CT molecular complexity index is 328. The van der Waals surface area contributed by atoms with Gasteiger partial charge in [0.05, 0.1) is 12.1 Å². The van der Waals surface area contributed by atoms with Crippen LogP contribution in [0.25, 0.3) is 0 Å². The van der Waals surface area contributed by atoms with Crippen LogP contribution >= 0.6 is 35.7 Å². The first-order valence-electron chi connectivity index (χ1n) is 7.44. The fourth-order valence-electron chi connectivity index (χ4n) is 2.56. The molecule has 0 bridgehead atoms. The SMILES string of the molecule is CCNC(=NCC1(O)CCC1)NCC1(C)CCCS1.I. The highest BCUT2D eigenvalue weighted by Gasteiger charge is 2.34. The molecule has 6 heteroatoms. The van der Waals surface area contributed by atoms with Gasteiger partial charge in [0.1, 0.15) is 0 Å². The normalized spacial score (nSPS) is 28.4. The fraction of sp³-hybridized carbons (Fsp3) is 0.929. The zero-order valence-electron chi connectivity index (χ0n) is 12.6. The summed E-state index contributed by atoms with van der Waals surface area (Å²) >= 11 is 2.05. The fourth-order valence-corrected chi connectivity index (χ4v) is 3.80. The third kappa shape index (κ3) is 5.26. The van der Waals surface area contributed by atoms with Crippen molar-refractivity contribution in [2.75, 3.05) is 25.4 Å². The standard InChI is InChI=1S/C14H27N3OS.HI/c1-3-15-12(17-11-14(18)7-4-8-14)16-10-13(2)6-5-9-19-13;/h18H,3-11H2,1-2H3,(H2,15,16,17);1H. The second kappa shape index (κ2) is 8.08. The van der Waals surface area contributed by atoms with Crippen LogP contribution in [0.2, 0.25) is 0 Å². The molecule has 20 heavy (non-hydrogen) atoms. The summed E-state index contributed by atoms with van der Waals surface area (Å²) in [6.07, 6.45) is 5.50. The predicted molar refractivity (Wildman–Crippen MR) is 98.3 cm³/mol. The van der Waals surface area contributed by atoms with Gasteiger partial charge in [-0.1, -0.05) is 0 Å². The lowest BCUT2D eigenvalue weighted by molar-refractivity contribution is -0.0236. The number of thioether (sulfide) groups is 1. The number of hydrogen-bond donors (Lipinski definition) is 3. The summed E-state index contributed by atoms with van der Waals surface area (Å²) in [5, 5.41) is 16.8. The van der Waals surface area contributed by atoms with Crippen molar-refractivity contribution in [2.24, 2.45) is 4.99 Å². The maximum atomic E-state index is 10.1. The summed E-state index contributed by atoms with van der Waals surface area (Å²) in [4.78, 5) is 4.53. The van der Waals surface area contributed by atoms with Gasteiger partial charge in [0.25, 0.3) is 0 Å². The number of nitrogens with one attached hydrogen (secondary N) is 2. The maximum Gasteiger partial charge on any atom is 0.191 e. The molecule has 3 N–H and O–H groups in total. The Morgan fingerprint density at radius 3 is 2.50 bits per heavy atom. The lowest BCUT2D eigenvalue weighted by Crippen LogP contribution is -2.46. The number of hydrogen-bond acceptors (Lipinski definition) is 3. The molecule has 0 aromatic rings. The number of guanidine groups is 1. The van der Waals surface area contributed by atoms with E-state index in [1.54, 1.807) is 0 Å². The van der Waals surface area contributed by atoms with Gasteiger partial charge in [-0.2, -0.15) is 11.8 Å². The molecule has 118 valence electrons. The first-order valence-corrected chi connectivity index (χ1v) is 8.42. The van der Waals surface area contributed by atoms with Crippen molar-refractivity contribution in [1.82, 2.24) is 10.6 Å². The van der Waals surface area contributed by atoms with E-state index in [2.05, 4.69) is 29.5 Å². The predicted octanol–water partition coefficient (Wildman–Crippen LogP) is 2.36. The summed E-state index contributed by atoms with van der Waals surface area (Å²) in [5.41, 5.74) is -0.533. The van der Waals surface area contributed by atoms with Crippen molar-refractivity contribution >= 4 is 41.7 Å². The Labute approximate surface area is 144 Å². The Balaban J connectivity index is 0.00000200. The number of aliphatic hydroxyl groups is 1. The molecule has 2 aliphatic rings. The van der Waals surface area contributed by atoms with E-state index in [1.165, 1.54) is 18.6 Å². The molecule has 1 aliphatic carbocycles. The average molecular weight is 413 g/mol. The molecule has 0 aromatic carbocycles. The summed E-state index contributed by atoms with van der Waals surface area (Å²) in [5.74, 6) is 2.11. The quantitative estimate of drug-likeness (QED) is 0.368. The summed E-state index contributed by atoms with van der Waals surface area (Å²) < 4.78 is 0.337. The molecule has 1 aliphatic heterocycles. The van der Waals surface area contributed by atoms with Crippen molar-refractivity contribution in [3.8, 4) is 0 Å². The number of aliphatic imine (C=N–C) groups is 1. The average Bonchev–Trinajstić information content (AvgIpc) is 2.78. The Hall–Kier alpha value is 0.310. The summed E-state index contributed by atoms with van der Waals surface area (Å²) in [7, 11) is 0. The van der Waals surface area contributed by atoms with E-state index in [0.29, 0.717) is 11.3 Å². The molecule has 0 amide bonds. The highest BCUT2D eigenvalue weighted by molar-refractivity contribution is 14.0. The molecule has 4 nitrogen and oxygen atoms in total. The molecule has 1 heterocycles. The van der Waals surface area contributed by atoms with Gasteiger partial charge in [-0.25, -0.2) is 0 Å². The van der Waals surface area contributed by atoms with Gasteiger partial charge < -0.3 is 15.7 Å². The van der Waals surface area contributed by atoms with Gasteiger partial charge in [-0.15, -0.1) is 24.0 Å². The van der Waals surface area contributed by atoms with E-state index >= 15 is 0 Å². The van der Waals surface area contributed by atoms with Crippen LogP contribution in [0.4, 0.5) is 0 Å². The van der Waals surface area contributed by atoms with E-state index < -0.39 is 5.60 Å². The highest BCUT2D eigenvalue weighted by Crippen LogP contribution is 2.37. The van der Waals surface area contributed by atoms with Crippen LogP contribution in [0, 0.1) is 0 Å². The van der Waals surface area contributed by atoms with E-state index in [0.717, 1.165) is 38.3 Å². The molecule has 2 fully saturated rings. The molecule has 0 spiro atoms. The molecule has 1 saturated heterocycles. The van der Waals surface area contributed by atoms with Crippen molar-refractivity contribution in [3.63, 3.8) is 0 Å².